The number of hydrogen-bond donors (Lipinski definition) is 0. The number of nitrogens with zero attached hydrogens (tertiary/aromatic N) is 1. The van der Waals surface area contributed by atoms with E-state index in [0.717, 1.165) is 47.5 Å². The summed E-state index contributed by atoms with van der Waals surface area (Å²) in [6.07, 6.45) is 0. The number of methoxy groups -OCH3 is 1. The van der Waals surface area contributed by atoms with Gasteiger partial charge in [-0.1, -0.05) is 56.3 Å². The van der Waals surface area contributed by atoms with E-state index in [1.54, 1.807) is 13.2 Å². The van der Waals surface area contributed by atoms with E-state index >= 15 is 0 Å². The van der Waals surface area contributed by atoms with Crippen molar-refractivity contribution in [3.63, 3.8) is 0 Å². The first-order valence-corrected chi connectivity index (χ1v) is 11.3. The van der Waals surface area contributed by atoms with Crippen LogP contribution in [-0.4, -0.2) is 38.3 Å². The quantitative estimate of drug-likeness (QED) is 0.304. The van der Waals surface area contributed by atoms with Gasteiger partial charge in [0.1, 0.15) is 23.7 Å². The van der Waals surface area contributed by atoms with Gasteiger partial charge in [0.05, 0.1) is 12.7 Å². The van der Waals surface area contributed by atoms with E-state index in [0.29, 0.717) is 23.5 Å². The Morgan fingerprint density at radius 1 is 0.818 bits per heavy atom. The average molecular weight is 444 g/mol. The number of fused-ring (bicyclic) bond motifs is 1. The highest BCUT2D eigenvalue weighted by molar-refractivity contribution is 6.01. The highest BCUT2D eigenvalue weighted by Gasteiger charge is 2.18. The predicted molar refractivity (Wildman–Crippen MR) is 133 cm³/mol. The third kappa shape index (κ3) is 4.94. The fourth-order valence-corrected chi connectivity index (χ4v) is 4.03. The summed E-state index contributed by atoms with van der Waals surface area (Å²) in [7, 11) is 1.59. The molecule has 0 spiro atoms. The minimum absolute atomic E-state index is 0.384. The summed E-state index contributed by atoms with van der Waals surface area (Å²) in [6, 6.07) is 23.1. The number of rotatable bonds is 9. The number of hydrogen-bond acceptors (Lipinski definition) is 5. The normalized spacial score (nSPS) is 11.2. The summed E-state index contributed by atoms with van der Waals surface area (Å²) < 4.78 is 17.0. The summed E-state index contributed by atoms with van der Waals surface area (Å²) >= 11 is 0. The first kappa shape index (κ1) is 22.6. The Kier molecular flexibility index (Phi) is 7.10. The van der Waals surface area contributed by atoms with Crippen molar-refractivity contribution in [2.75, 3.05) is 33.4 Å². The minimum atomic E-state index is -0.384. The smallest absolute Gasteiger partial charge is 0.344 e. The Morgan fingerprint density at radius 3 is 2.15 bits per heavy atom. The van der Waals surface area contributed by atoms with E-state index in [2.05, 4.69) is 18.7 Å². The van der Waals surface area contributed by atoms with Crippen LogP contribution >= 0.6 is 0 Å². The van der Waals surface area contributed by atoms with Crippen LogP contribution in [0.2, 0.25) is 0 Å². The molecule has 0 N–H and O–H groups in total. The molecule has 4 rings (SSSR count). The number of benzene rings is 3. The van der Waals surface area contributed by atoms with Crippen molar-refractivity contribution in [3.05, 3.63) is 83.2 Å². The molecule has 33 heavy (non-hydrogen) atoms. The Bertz CT molecular complexity index is 1260. The van der Waals surface area contributed by atoms with Crippen molar-refractivity contribution in [3.8, 4) is 33.8 Å². The first-order valence-electron chi connectivity index (χ1n) is 11.3. The van der Waals surface area contributed by atoms with Gasteiger partial charge in [0.25, 0.3) is 0 Å². The van der Waals surface area contributed by atoms with Crippen LogP contribution in [0.4, 0.5) is 0 Å². The highest BCUT2D eigenvalue weighted by atomic mass is 16.5. The molecule has 0 aliphatic rings. The van der Waals surface area contributed by atoms with Gasteiger partial charge in [-0.2, -0.15) is 0 Å². The highest BCUT2D eigenvalue weighted by Crippen LogP contribution is 2.37. The van der Waals surface area contributed by atoms with Crippen LogP contribution in [0, 0.1) is 0 Å². The zero-order valence-electron chi connectivity index (χ0n) is 19.3. The Morgan fingerprint density at radius 2 is 1.48 bits per heavy atom. The zero-order valence-corrected chi connectivity index (χ0v) is 19.3. The molecule has 0 aliphatic heterocycles. The van der Waals surface area contributed by atoms with Crippen LogP contribution in [0.15, 0.2) is 82.0 Å². The molecule has 0 aliphatic carbocycles. The van der Waals surface area contributed by atoms with Crippen molar-refractivity contribution in [2.45, 2.75) is 13.8 Å². The Balaban J connectivity index is 1.74. The number of likely N-dealkylation sites (N-methyl/N-ethyl adjacent to an activating group) is 1. The third-order valence-corrected chi connectivity index (χ3v) is 5.89. The zero-order chi connectivity index (χ0) is 23.2. The van der Waals surface area contributed by atoms with Crippen molar-refractivity contribution < 1.29 is 13.9 Å². The summed E-state index contributed by atoms with van der Waals surface area (Å²) in [5.41, 5.74) is 3.24. The molecule has 0 amide bonds. The lowest BCUT2D eigenvalue weighted by Crippen LogP contribution is -2.27. The lowest BCUT2D eigenvalue weighted by Gasteiger charge is -2.18. The topological polar surface area (TPSA) is 51.9 Å². The van der Waals surface area contributed by atoms with Crippen molar-refractivity contribution in [2.24, 2.45) is 0 Å². The largest absolute Gasteiger partial charge is 0.497 e. The Hall–Kier alpha value is -3.57. The maximum atomic E-state index is 13.2. The second kappa shape index (κ2) is 10.4. The average Bonchev–Trinajstić information content (AvgIpc) is 2.86. The molecular weight excluding hydrogens is 414 g/mol. The van der Waals surface area contributed by atoms with E-state index in [-0.39, 0.29) is 5.63 Å². The molecule has 170 valence electrons. The fraction of sp³-hybridized carbons (Fsp3) is 0.250. The van der Waals surface area contributed by atoms with Crippen LogP contribution in [0.5, 0.6) is 11.5 Å². The molecule has 0 radical (unpaired) electrons. The van der Waals surface area contributed by atoms with Crippen molar-refractivity contribution in [1.82, 2.24) is 4.90 Å². The lowest BCUT2D eigenvalue weighted by atomic mass is 9.93. The summed E-state index contributed by atoms with van der Waals surface area (Å²) in [5.74, 6) is 1.42. The standard InChI is InChI=1S/C28H29NO4/c1-4-29(5-2)17-18-32-22-13-11-21(12-14-22)27-26(20-9-7-6-8-10-20)24-16-15-23(31-3)19-25(24)33-28(27)30/h6-16,19H,4-5,17-18H2,1-3H3. The SMILES string of the molecule is CCN(CC)CCOc1ccc(-c2c(-c3ccccc3)c3ccc(OC)cc3oc2=O)cc1. The molecule has 0 saturated carbocycles. The first-order chi connectivity index (χ1) is 16.1. The molecule has 1 aromatic heterocycles. The molecule has 0 fully saturated rings. The van der Waals surface area contributed by atoms with E-state index in [9.17, 15) is 4.79 Å². The van der Waals surface area contributed by atoms with E-state index in [1.165, 1.54) is 0 Å². The van der Waals surface area contributed by atoms with Gasteiger partial charge >= 0.3 is 5.63 Å². The lowest BCUT2D eigenvalue weighted by molar-refractivity contribution is 0.223. The summed E-state index contributed by atoms with van der Waals surface area (Å²) in [6.45, 7) is 7.80. The maximum absolute atomic E-state index is 13.2. The van der Waals surface area contributed by atoms with Crippen LogP contribution in [-0.2, 0) is 0 Å². The van der Waals surface area contributed by atoms with Gasteiger partial charge in [0.15, 0.2) is 0 Å². The molecular formula is C28H29NO4. The molecule has 3 aromatic carbocycles. The molecule has 5 nitrogen and oxygen atoms in total. The molecule has 4 aromatic rings. The van der Waals surface area contributed by atoms with Crippen LogP contribution in [0.25, 0.3) is 33.2 Å². The molecule has 0 bridgehead atoms. The van der Waals surface area contributed by atoms with Crippen molar-refractivity contribution >= 4 is 11.0 Å². The van der Waals surface area contributed by atoms with Gasteiger partial charge in [-0.3, -0.25) is 0 Å². The predicted octanol–water partition coefficient (Wildman–Crippen LogP) is 5.86. The molecule has 0 unspecified atom stereocenters. The van der Waals surface area contributed by atoms with Crippen LogP contribution < -0.4 is 15.1 Å². The molecule has 5 heteroatoms. The number of ether oxygens (including phenoxy) is 2. The van der Waals surface area contributed by atoms with Gasteiger partial charge in [0, 0.05) is 23.6 Å². The van der Waals surface area contributed by atoms with E-state index in [1.807, 2.05) is 66.7 Å². The third-order valence-electron chi connectivity index (χ3n) is 5.89. The minimum Gasteiger partial charge on any atom is -0.497 e. The monoisotopic (exact) mass is 443 g/mol. The van der Waals surface area contributed by atoms with Gasteiger partial charge in [-0.05, 0) is 48.5 Å². The summed E-state index contributed by atoms with van der Waals surface area (Å²) in [5, 5.41) is 0.858. The van der Waals surface area contributed by atoms with Crippen LogP contribution in [0.1, 0.15) is 13.8 Å². The van der Waals surface area contributed by atoms with Gasteiger partial charge < -0.3 is 18.8 Å². The molecule has 1 heterocycles. The van der Waals surface area contributed by atoms with E-state index < -0.39 is 0 Å². The second-order valence-electron chi connectivity index (χ2n) is 7.77. The maximum Gasteiger partial charge on any atom is 0.344 e. The fourth-order valence-electron chi connectivity index (χ4n) is 4.03. The Labute approximate surface area is 194 Å². The second-order valence-corrected chi connectivity index (χ2v) is 7.77. The van der Waals surface area contributed by atoms with E-state index in [4.69, 9.17) is 13.9 Å². The molecule has 0 atom stereocenters. The van der Waals surface area contributed by atoms with Crippen molar-refractivity contribution in [1.29, 1.82) is 0 Å². The van der Waals surface area contributed by atoms with Gasteiger partial charge in [-0.15, -0.1) is 0 Å². The van der Waals surface area contributed by atoms with Crippen LogP contribution in [0.3, 0.4) is 0 Å². The van der Waals surface area contributed by atoms with Gasteiger partial charge in [-0.25, -0.2) is 4.79 Å². The molecule has 0 saturated heterocycles. The van der Waals surface area contributed by atoms with Gasteiger partial charge in [0.2, 0.25) is 0 Å². The summed E-state index contributed by atoms with van der Waals surface area (Å²) in [4.78, 5) is 15.5.